The van der Waals surface area contributed by atoms with E-state index < -0.39 is 11.6 Å². The molecule has 2 rings (SSSR count). The maximum Gasteiger partial charge on any atom is 0.159 e. The molecule has 1 aromatic rings. The van der Waals surface area contributed by atoms with Crippen molar-refractivity contribution < 1.29 is 8.78 Å². The second kappa shape index (κ2) is 6.80. The number of halogens is 2. The number of hydrogen-bond acceptors (Lipinski definition) is 1. The van der Waals surface area contributed by atoms with Crippen LogP contribution in [0.1, 0.15) is 50.6 Å². The Morgan fingerprint density at radius 3 is 2.74 bits per heavy atom. The third-order valence-corrected chi connectivity index (χ3v) is 3.73. The highest BCUT2D eigenvalue weighted by atomic mass is 19.2. The van der Waals surface area contributed by atoms with Crippen LogP contribution in [0.15, 0.2) is 29.8 Å². The smallest absolute Gasteiger partial charge is 0.159 e. The molecular weight excluding hydrogens is 244 g/mol. The summed E-state index contributed by atoms with van der Waals surface area (Å²) in [5, 5.41) is 3.36. The van der Waals surface area contributed by atoms with Gasteiger partial charge < -0.3 is 5.32 Å². The molecule has 0 aliphatic heterocycles. The average Bonchev–Trinajstić information content (AvgIpc) is 2.43. The number of rotatable bonds is 5. The Kier molecular flexibility index (Phi) is 5.08. The Morgan fingerprint density at radius 1 is 1.21 bits per heavy atom. The molecule has 0 saturated carbocycles. The van der Waals surface area contributed by atoms with Crippen LogP contribution in [0.4, 0.5) is 8.78 Å². The molecule has 0 radical (unpaired) electrons. The fourth-order valence-electron chi connectivity index (χ4n) is 2.48. The predicted molar refractivity (Wildman–Crippen MR) is 73.9 cm³/mol. The molecule has 0 spiro atoms. The topological polar surface area (TPSA) is 12.0 Å². The van der Waals surface area contributed by atoms with Gasteiger partial charge in [0, 0.05) is 6.04 Å². The van der Waals surface area contributed by atoms with E-state index in [0.717, 1.165) is 18.5 Å². The zero-order valence-electron chi connectivity index (χ0n) is 11.4. The second-order valence-corrected chi connectivity index (χ2v) is 5.21. The molecule has 1 unspecified atom stereocenters. The minimum atomic E-state index is -0.789. The zero-order chi connectivity index (χ0) is 13.7. The van der Waals surface area contributed by atoms with E-state index in [4.69, 9.17) is 0 Å². The third-order valence-electron chi connectivity index (χ3n) is 3.73. The van der Waals surface area contributed by atoms with Crippen LogP contribution < -0.4 is 5.32 Å². The third kappa shape index (κ3) is 4.13. The highest BCUT2D eigenvalue weighted by Crippen LogP contribution is 2.20. The van der Waals surface area contributed by atoms with Crippen molar-refractivity contribution in [2.45, 2.75) is 45.1 Å². The first-order valence-electron chi connectivity index (χ1n) is 7.03. The van der Waals surface area contributed by atoms with E-state index in [1.54, 1.807) is 6.07 Å². The zero-order valence-corrected chi connectivity index (χ0v) is 11.4. The summed E-state index contributed by atoms with van der Waals surface area (Å²) in [7, 11) is 0. The molecule has 0 heterocycles. The van der Waals surface area contributed by atoms with Crippen molar-refractivity contribution in [3.05, 3.63) is 47.0 Å². The molecule has 19 heavy (non-hydrogen) atoms. The van der Waals surface area contributed by atoms with Gasteiger partial charge in [-0.15, -0.1) is 0 Å². The Morgan fingerprint density at radius 2 is 2.05 bits per heavy atom. The first-order valence-corrected chi connectivity index (χ1v) is 7.03. The van der Waals surface area contributed by atoms with Crippen LogP contribution in [0.25, 0.3) is 0 Å². The summed E-state index contributed by atoms with van der Waals surface area (Å²) in [4.78, 5) is 0. The minimum Gasteiger partial charge on any atom is -0.310 e. The molecule has 0 aromatic heterocycles. The quantitative estimate of drug-likeness (QED) is 0.773. The van der Waals surface area contributed by atoms with Gasteiger partial charge >= 0.3 is 0 Å². The number of nitrogens with one attached hydrogen (secondary N) is 1. The minimum absolute atomic E-state index is 0.0410. The fraction of sp³-hybridized carbons (Fsp3) is 0.500. The van der Waals surface area contributed by atoms with Crippen molar-refractivity contribution in [2.75, 3.05) is 6.54 Å². The maximum absolute atomic E-state index is 13.1. The van der Waals surface area contributed by atoms with Crippen LogP contribution in [0.3, 0.4) is 0 Å². The monoisotopic (exact) mass is 265 g/mol. The highest BCUT2D eigenvalue weighted by molar-refractivity contribution is 5.20. The van der Waals surface area contributed by atoms with Gasteiger partial charge in [0.25, 0.3) is 0 Å². The van der Waals surface area contributed by atoms with E-state index in [1.165, 1.54) is 43.4 Å². The van der Waals surface area contributed by atoms with Crippen molar-refractivity contribution in [1.29, 1.82) is 0 Å². The van der Waals surface area contributed by atoms with Crippen LogP contribution in [0, 0.1) is 11.6 Å². The Hall–Kier alpha value is -1.22. The molecule has 1 aliphatic carbocycles. The molecule has 1 nitrogen and oxygen atoms in total. The molecular formula is C16H21F2N. The van der Waals surface area contributed by atoms with Crippen molar-refractivity contribution in [3.63, 3.8) is 0 Å². The lowest BCUT2D eigenvalue weighted by Gasteiger charge is -2.17. The second-order valence-electron chi connectivity index (χ2n) is 5.21. The largest absolute Gasteiger partial charge is 0.310 e. The molecule has 1 atom stereocenters. The lowest BCUT2D eigenvalue weighted by molar-refractivity contribution is 0.500. The molecule has 1 aromatic carbocycles. The number of allylic oxidation sites excluding steroid dienone is 1. The Balaban J connectivity index is 1.81. The van der Waals surface area contributed by atoms with E-state index in [2.05, 4.69) is 11.4 Å². The van der Waals surface area contributed by atoms with E-state index in [1.807, 2.05) is 6.92 Å². The van der Waals surface area contributed by atoms with Crippen LogP contribution in [-0.2, 0) is 0 Å². The van der Waals surface area contributed by atoms with Crippen LogP contribution in [0.5, 0.6) is 0 Å². The van der Waals surface area contributed by atoms with Crippen molar-refractivity contribution in [2.24, 2.45) is 0 Å². The van der Waals surface area contributed by atoms with Crippen molar-refractivity contribution >= 4 is 0 Å². The first-order chi connectivity index (χ1) is 9.16. The van der Waals surface area contributed by atoms with Crippen LogP contribution in [0.2, 0.25) is 0 Å². The molecule has 0 amide bonds. The molecule has 104 valence electrons. The number of hydrogen-bond donors (Lipinski definition) is 1. The lowest BCUT2D eigenvalue weighted by atomic mass is 9.97. The van der Waals surface area contributed by atoms with E-state index in [-0.39, 0.29) is 6.04 Å². The molecule has 0 fully saturated rings. The number of benzene rings is 1. The molecule has 1 aliphatic rings. The summed E-state index contributed by atoms with van der Waals surface area (Å²) in [6, 6.07) is 4.13. The van der Waals surface area contributed by atoms with Crippen LogP contribution in [-0.4, -0.2) is 6.54 Å². The Labute approximate surface area is 113 Å². The molecule has 1 N–H and O–H groups in total. The van der Waals surface area contributed by atoms with Gasteiger partial charge in [0.2, 0.25) is 0 Å². The summed E-state index contributed by atoms with van der Waals surface area (Å²) >= 11 is 0. The van der Waals surface area contributed by atoms with Crippen molar-refractivity contribution in [3.8, 4) is 0 Å². The SMILES string of the molecule is CC(NCCC1=CCCCC1)c1ccc(F)c(F)c1. The average molecular weight is 265 g/mol. The molecule has 3 heteroatoms. The molecule has 0 bridgehead atoms. The Bertz CT molecular complexity index is 454. The standard InChI is InChI=1S/C16H21F2N/c1-12(14-7-8-15(17)16(18)11-14)19-10-9-13-5-3-2-4-6-13/h5,7-8,11-12,19H,2-4,6,9-10H2,1H3. The normalized spacial score (nSPS) is 17.1. The summed E-state index contributed by atoms with van der Waals surface area (Å²) in [5.41, 5.74) is 2.31. The summed E-state index contributed by atoms with van der Waals surface area (Å²) in [5.74, 6) is -1.57. The van der Waals surface area contributed by atoms with Gasteiger partial charge in [0.05, 0.1) is 0 Å². The van der Waals surface area contributed by atoms with E-state index >= 15 is 0 Å². The van der Waals surface area contributed by atoms with Crippen LogP contribution >= 0.6 is 0 Å². The van der Waals surface area contributed by atoms with Crippen molar-refractivity contribution in [1.82, 2.24) is 5.32 Å². The van der Waals surface area contributed by atoms with Gasteiger partial charge in [-0.2, -0.15) is 0 Å². The van der Waals surface area contributed by atoms with Gasteiger partial charge in [-0.05, 0) is 63.3 Å². The highest BCUT2D eigenvalue weighted by Gasteiger charge is 2.09. The van der Waals surface area contributed by atoms with E-state index in [9.17, 15) is 8.78 Å². The first kappa shape index (κ1) is 14.2. The maximum atomic E-state index is 13.1. The summed E-state index contributed by atoms with van der Waals surface area (Å²) in [6.45, 7) is 2.86. The van der Waals surface area contributed by atoms with Gasteiger partial charge in [0.1, 0.15) is 0 Å². The van der Waals surface area contributed by atoms with Gasteiger partial charge in [-0.25, -0.2) is 8.78 Å². The van der Waals surface area contributed by atoms with E-state index in [0.29, 0.717) is 0 Å². The van der Waals surface area contributed by atoms with Gasteiger partial charge in [-0.3, -0.25) is 0 Å². The summed E-state index contributed by atoms with van der Waals surface area (Å²) in [6.07, 6.45) is 8.41. The summed E-state index contributed by atoms with van der Waals surface area (Å²) < 4.78 is 26.0. The van der Waals surface area contributed by atoms with Gasteiger partial charge in [-0.1, -0.05) is 17.7 Å². The lowest BCUT2D eigenvalue weighted by Crippen LogP contribution is -2.20. The molecule has 0 saturated heterocycles. The predicted octanol–water partition coefficient (Wildman–Crippen LogP) is 4.51. The van der Waals surface area contributed by atoms with Gasteiger partial charge in [0.15, 0.2) is 11.6 Å². The fourth-order valence-corrected chi connectivity index (χ4v) is 2.48.